The Morgan fingerprint density at radius 2 is 1.67 bits per heavy atom. The third-order valence-corrected chi connectivity index (χ3v) is 2.74. The Kier molecular flexibility index (Phi) is 13.4. The van der Waals surface area contributed by atoms with Crippen LogP contribution in [0.3, 0.4) is 0 Å². The molecule has 0 radical (unpaired) electrons. The van der Waals surface area contributed by atoms with Gasteiger partial charge in [-0.05, 0) is 45.7 Å². The van der Waals surface area contributed by atoms with Gasteiger partial charge in [0.2, 0.25) is 0 Å². The molecule has 0 amide bonds. The van der Waals surface area contributed by atoms with Gasteiger partial charge in [-0.1, -0.05) is 46.2 Å². The summed E-state index contributed by atoms with van der Waals surface area (Å²) >= 11 is 0. The van der Waals surface area contributed by atoms with Crippen molar-refractivity contribution in [3.8, 4) is 0 Å². The molecule has 4 heteroatoms. The van der Waals surface area contributed by atoms with Gasteiger partial charge < -0.3 is 10.1 Å². The average Bonchev–Trinajstić information content (AvgIpc) is 2.48. The number of aryl methyl sites for hydroxylation is 1. The summed E-state index contributed by atoms with van der Waals surface area (Å²) in [5.41, 5.74) is 1.64. The molecule has 140 valence electrons. The second-order valence-electron chi connectivity index (χ2n) is 6.38. The Hall–Kier alpha value is -1.42. The largest absolute Gasteiger partial charge is 0.459 e. The molecule has 0 bridgehead atoms. The summed E-state index contributed by atoms with van der Waals surface area (Å²) < 4.78 is 19.1. The second kappa shape index (κ2) is 12.9. The Bertz CT molecular complexity index is 479. The maximum absolute atomic E-state index is 13.9. The SMILES string of the molecule is CC.CCC.Cc1ccc(CNCC(=O)OC(C)(C)C)c(F)c1C. The molecule has 1 aromatic rings. The van der Waals surface area contributed by atoms with Crippen LogP contribution in [0.5, 0.6) is 0 Å². The lowest BCUT2D eigenvalue weighted by Crippen LogP contribution is -2.31. The normalized spacial score (nSPS) is 10.1. The topological polar surface area (TPSA) is 38.3 Å². The third kappa shape index (κ3) is 11.2. The molecule has 0 aromatic heterocycles. The lowest BCUT2D eigenvalue weighted by atomic mass is 10.1. The minimum atomic E-state index is -0.496. The number of carbonyl (C=O) groups is 1. The van der Waals surface area contributed by atoms with E-state index in [4.69, 9.17) is 4.74 Å². The van der Waals surface area contributed by atoms with Gasteiger partial charge in [0, 0.05) is 12.1 Å². The van der Waals surface area contributed by atoms with Crippen LogP contribution in [0, 0.1) is 19.7 Å². The maximum atomic E-state index is 13.9. The number of benzene rings is 1. The van der Waals surface area contributed by atoms with E-state index in [-0.39, 0.29) is 18.3 Å². The molecule has 0 fully saturated rings. The smallest absolute Gasteiger partial charge is 0.320 e. The highest BCUT2D eigenvalue weighted by molar-refractivity contribution is 5.72. The van der Waals surface area contributed by atoms with E-state index in [0.29, 0.717) is 17.7 Å². The van der Waals surface area contributed by atoms with E-state index in [1.807, 2.05) is 47.6 Å². The number of hydrogen-bond acceptors (Lipinski definition) is 3. The summed E-state index contributed by atoms with van der Waals surface area (Å²) in [6.45, 7) is 17.7. The Balaban J connectivity index is 0. The van der Waals surface area contributed by atoms with E-state index in [9.17, 15) is 9.18 Å². The van der Waals surface area contributed by atoms with Crippen LogP contribution in [0.25, 0.3) is 0 Å². The first-order valence-electron chi connectivity index (χ1n) is 8.79. The fraction of sp³-hybridized carbons (Fsp3) is 0.650. The van der Waals surface area contributed by atoms with Gasteiger partial charge >= 0.3 is 5.97 Å². The molecule has 0 aliphatic carbocycles. The molecule has 0 aliphatic heterocycles. The van der Waals surface area contributed by atoms with Gasteiger partial charge in [-0.3, -0.25) is 4.79 Å². The molecule has 24 heavy (non-hydrogen) atoms. The zero-order valence-corrected chi connectivity index (χ0v) is 17.0. The van der Waals surface area contributed by atoms with Gasteiger partial charge in [-0.25, -0.2) is 4.39 Å². The molecule has 1 aromatic carbocycles. The predicted molar refractivity (Wildman–Crippen MR) is 101 cm³/mol. The molecule has 0 spiro atoms. The van der Waals surface area contributed by atoms with Crippen molar-refractivity contribution in [2.24, 2.45) is 0 Å². The Morgan fingerprint density at radius 1 is 1.17 bits per heavy atom. The molecular formula is C20H36FNO2. The first-order valence-corrected chi connectivity index (χ1v) is 8.79. The van der Waals surface area contributed by atoms with E-state index in [1.165, 1.54) is 6.42 Å². The number of carbonyl (C=O) groups excluding carboxylic acids is 1. The zero-order chi connectivity index (χ0) is 19.3. The van der Waals surface area contributed by atoms with Crippen LogP contribution >= 0.6 is 0 Å². The lowest BCUT2D eigenvalue weighted by molar-refractivity contribution is -0.153. The number of hydrogen-bond donors (Lipinski definition) is 1. The maximum Gasteiger partial charge on any atom is 0.320 e. The summed E-state index contributed by atoms with van der Waals surface area (Å²) in [4.78, 5) is 11.5. The standard InChI is InChI=1S/C15H22FNO2.C3H8.C2H6/c1-10-6-7-12(14(16)11(10)2)8-17-9-13(18)19-15(3,4)5;1-3-2;1-2/h6-7,17H,8-9H2,1-5H3;3H2,1-2H3;1-2H3. The fourth-order valence-corrected chi connectivity index (χ4v) is 1.65. The van der Waals surface area contributed by atoms with Crippen molar-refractivity contribution in [3.05, 3.63) is 34.6 Å². The zero-order valence-electron chi connectivity index (χ0n) is 17.0. The van der Waals surface area contributed by atoms with Crippen molar-refractivity contribution < 1.29 is 13.9 Å². The molecule has 3 nitrogen and oxygen atoms in total. The molecular weight excluding hydrogens is 305 g/mol. The molecule has 0 heterocycles. The summed E-state index contributed by atoms with van der Waals surface area (Å²) in [6.07, 6.45) is 1.25. The van der Waals surface area contributed by atoms with Gasteiger partial charge in [0.15, 0.2) is 0 Å². The highest BCUT2D eigenvalue weighted by Gasteiger charge is 2.16. The van der Waals surface area contributed by atoms with E-state index in [1.54, 1.807) is 13.0 Å². The number of rotatable bonds is 4. The number of ether oxygens (including phenoxy) is 1. The van der Waals surface area contributed by atoms with E-state index >= 15 is 0 Å². The van der Waals surface area contributed by atoms with Gasteiger partial charge in [-0.15, -0.1) is 0 Å². The third-order valence-electron chi connectivity index (χ3n) is 2.74. The first-order chi connectivity index (χ1) is 11.1. The van der Waals surface area contributed by atoms with Gasteiger partial charge in [0.05, 0.1) is 6.54 Å². The van der Waals surface area contributed by atoms with Crippen LogP contribution in [-0.2, 0) is 16.1 Å². The van der Waals surface area contributed by atoms with Crippen molar-refractivity contribution in [1.29, 1.82) is 0 Å². The molecule has 1 rings (SSSR count). The van der Waals surface area contributed by atoms with Crippen molar-refractivity contribution >= 4 is 5.97 Å². The molecule has 0 saturated carbocycles. The Morgan fingerprint density at radius 3 is 2.12 bits per heavy atom. The molecule has 0 aliphatic rings. The highest BCUT2D eigenvalue weighted by Crippen LogP contribution is 2.16. The van der Waals surface area contributed by atoms with Crippen LogP contribution in [0.2, 0.25) is 0 Å². The van der Waals surface area contributed by atoms with Crippen molar-refractivity contribution in [3.63, 3.8) is 0 Å². The molecule has 0 saturated heterocycles. The summed E-state index contributed by atoms with van der Waals surface area (Å²) in [5.74, 6) is -0.548. The van der Waals surface area contributed by atoms with Crippen molar-refractivity contribution in [2.75, 3.05) is 6.54 Å². The van der Waals surface area contributed by atoms with Gasteiger partial charge in [0.25, 0.3) is 0 Å². The van der Waals surface area contributed by atoms with Crippen molar-refractivity contribution in [2.45, 2.75) is 80.9 Å². The van der Waals surface area contributed by atoms with Crippen LogP contribution in [0.4, 0.5) is 4.39 Å². The van der Waals surface area contributed by atoms with E-state index in [2.05, 4.69) is 19.2 Å². The van der Waals surface area contributed by atoms with Crippen LogP contribution in [-0.4, -0.2) is 18.1 Å². The predicted octanol–water partition coefficient (Wildman–Crippen LogP) is 5.32. The fourth-order valence-electron chi connectivity index (χ4n) is 1.65. The highest BCUT2D eigenvalue weighted by atomic mass is 19.1. The average molecular weight is 342 g/mol. The van der Waals surface area contributed by atoms with Crippen molar-refractivity contribution in [1.82, 2.24) is 5.32 Å². The van der Waals surface area contributed by atoms with Gasteiger partial charge in [-0.2, -0.15) is 0 Å². The molecule has 0 unspecified atom stereocenters. The minimum Gasteiger partial charge on any atom is -0.459 e. The summed E-state index contributed by atoms with van der Waals surface area (Å²) in [7, 11) is 0. The number of halogens is 1. The van der Waals surface area contributed by atoms with Gasteiger partial charge in [0.1, 0.15) is 11.4 Å². The summed E-state index contributed by atoms with van der Waals surface area (Å²) in [5, 5.41) is 2.90. The Labute approximate surface area is 148 Å². The summed E-state index contributed by atoms with van der Waals surface area (Å²) in [6, 6.07) is 3.61. The number of esters is 1. The lowest BCUT2D eigenvalue weighted by Gasteiger charge is -2.19. The second-order valence-corrected chi connectivity index (χ2v) is 6.38. The van der Waals surface area contributed by atoms with Crippen LogP contribution in [0.15, 0.2) is 12.1 Å². The number of nitrogens with one attached hydrogen (secondary N) is 1. The molecule has 0 atom stereocenters. The minimum absolute atomic E-state index is 0.0730. The van der Waals surface area contributed by atoms with Crippen LogP contribution in [0.1, 0.15) is 71.6 Å². The quantitative estimate of drug-likeness (QED) is 0.754. The van der Waals surface area contributed by atoms with E-state index < -0.39 is 5.60 Å². The van der Waals surface area contributed by atoms with Crippen LogP contribution < -0.4 is 5.32 Å². The van der Waals surface area contributed by atoms with E-state index in [0.717, 1.165) is 5.56 Å². The molecule has 1 N–H and O–H groups in total. The monoisotopic (exact) mass is 341 g/mol. The first kappa shape index (κ1) is 24.8.